The molecular formula is C11H17F3N2. The van der Waals surface area contributed by atoms with Crippen LogP contribution in [0, 0.1) is 17.2 Å². The number of nitriles is 1. The molecule has 0 aliphatic heterocycles. The van der Waals surface area contributed by atoms with Gasteiger partial charge in [-0.2, -0.15) is 18.4 Å². The molecule has 0 bridgehead atoms. The van der Waals surface area contributed by atoms with Gasteiger partial charge in [-0.05, 0) is 39.5 Å². The summed E-state index contributed by atoms with van der Waals surface area (Å²) in [6.07, 6.45) is -3.19. The molecule has 0 amide bonds. The fourth-order valence-corrected chi connectivity index (χ4v) is 2.37. The van der Waals surface area contributed by atoms with E-state index in [1.165, 1.54) is 0 Å². The highest BCUT2D eigenvalue weighted by molar-refractivity contribution is 5.11. The van der Waals surface area contributed by atoms with Crippen LogP contribution in [0.25, 0.3) is 0 Å². The lowest BCUT2D eigenvalue weighted by Crippen LogP contribution is -2.52. The largest absolute Gasteiger partial charge is 0.391 e. The number of rotatable bonds is 2. The molecule has 1 aliphatic rings. The zero-order chi connectivity index (χ0) is 12.4. The van der Waals surface area contributed by atoms with E-state index in [1.807, 2.05) is 19.9 Å². The molecule has 0 aromatic heterocycles. The van der Waals surface area contributed by atoms with Crippen LogP contribution >= 0.6 is 0 Å². The number of alkyl halides is 3. The molecule has 0 aromatic rings. The van der Waals surface area contributed by atoms with E-state index in [4.69, 9.17) is 5.26 Å². The molecule has 16 heavy (non-hydrogen) atoms. The van der Waals surface area contributed by atoms with Gasteiger partial charge in [0, 0.05) is 6.04 Å². The van der Waals surface area contributed by atoms with Crippen molar-refractivity contribution in [3.63, 3.8) is 0 Å². The Balaban J connectivity index is 2.77. The van der Waals surface area contributed by atoms with Crippen molar-refractivity contribution >= 4 is 0 Å². The van der Waals surface area contributed by atoms with Gasteiger partial charge in [-0.15, -0.1) is 0 Å². The summed E-state index contributed by atoms with van der Waals surface area (Å²) in [5, 5.41) is 12.1. The van der Waals surface area contributed by atoms with E-state index >= 15 is 0 Å². The first-order valence-corrected chi connectivity index (χ1v) is 5.55. The van der Waals surface area contributed by atoms with Crippen LogP contribution in [0.2, 0.25) is 0 Å². The Morgan fingerprint density at radius 2 is 2.06 bits per heavy atom. The number of hydrogen-bond donors (Lipinski definition) is 1. The third-order valence-corrected chi connectivity index (χ3v) is 2.99. The van der Waals surface area contributed by atoms with Crippen molar-refractivity contribution in [2.24, 2.45) is 5.92 Å². The Morgan fingerprint density at radius 1 is 1.44 bits per heavy atom. The van der Waals surface area contributed by atoms with Gasteiger partial charge < -0.3 is 0 Å². The summed E-state index contributed by atoms with van der Waals surface area (Å²) < 4.78 is 37.9. The molecule has 1 aliphatic carbocycles. The molecule has 2 atom stereocenters. The third kappa shape index (κ3) is 3.11. The minimum absolute atomic E-state index is 0.0200. The van der Waals surface area contributed by atoms with Crippen molar-refractivity contribution in [2.45, 2.75) is 57.3 Å². The Morgan fingerprint density at radius 3 is 2.50 bits per heavy atom. The standard InChI is InChI=1S/C11H17F3N2/c1-8(2)16-10(7-15)5-3-4-9(6-10)11(12,13)14/h8-9,16H,3-6H2,1-2H3. The SMILES string of the molecule is CC(C)NC1(C#N)CCCC(C(F)(F)F)C1. The van der Waals surface area contributed by atoms with Crippen LogP contribution in [0.4, 0.5) is 13.2 Å². The van der Waals surface area contributed by atoms with Crippen molar-refractivity contribution in [2.75, 3.05) is 0 Å². The molecule has 0 heterocycles. The van der Waals surface area contributed by atoms with Crippen molar-refractivity contribution in [1.82, 2.24) is 5.32 Å². The van der Waals surface area contributed by atoms with Crippen molar-refractivity contribution in [3.8, 4) is 6.07 Å². The van der Waals surface area contributed by atoms with E-state index in [1.54, 1.807) is 0 Å². The molecular weight excluding hydrogens is 217 g/mol. The van der Waals surface area contributed by atoms with E-state index in [9.17, 15) is 13.2 Å². The number of nitrogens with one attached hydrogen (secondary N) is 1. The Hall–Kier alpha value is -0.760. The summed E-state index contributed by atoms with van der Waals surface area (Å²) in [5.74, 6) is -1.34. The van der Waals surface area contributed by atoms with Crippen LogP contribution < -0.4 is 5.32 Å². The van der Waals surface area contributed by atoms with Crippen LogP contribution in [0.1, 0.15) is 39.5 Å². The second-order valence-corrected chi connectivity index (χ2v) is 4.83. The van der Waals surface area contributed by atoms with Gasteiger partial charge in [0.05, 0.1) is 12.0 Å². The van der Waals surface area contributed by atoms with Crippen molar-refractivity contribution < 1.29 is 13.2 Å². The average molecular weight is 234 g/mol. The van der Waals surface area contributed by atoms with Crippen LogP contribution in [0.15, 0.2) is 0 Å². The van der Waals surface area contributed by atoms with Crippen LogP contribution in [0.3, 0.4) is 0 Å². The molecule has 1 rings (SSSR count). The lowest BCUT2D eigenvalue weighted by molar-refractivity contribution is -0.186. The molecule has 1 fully saturated rings. The fourth-order valence-electron chi connectivity index (χ4n) is 2.37. The second-order valence-electron chi connectivity index (χ2n) is 4.83. The molecule has 1 N–H and O–H groups in total. The van der Waals surface area contributed by atoms with Gasteiger partial charge in [-0.1, -0.05) is 0 Å². The van der Waals surface area contributed by atoms with E-state index in [2.05, 4.69) is 5.32 Å². The van der Waals surface area contributed by atoms with Crippen molar-refractivity contribution in [3.05, 3.63) is 0 Å². The summed E-state index contributed by atoms with van der Waals surface area (Å²) in [5.41, 5.74) is -0.993. The van der Waals surface area contributed by atoms with E-state index in [0.717, 1.165) is 0 Å². The highest BCUT2D eigenvalue weighted by Gasteiger charge is 2.47. The monoisotopic (exact) mass is 234 g/mol. The first-order chi connectivity index (χ1) is 7.29. The lowest BCUT2D eigenvalue weighted by atomic mass is 9.76. The third-order valence-electron chi connectivity index (χ3n) is 2.99. The van der Waals surface area contributed by atoms with Gasteiger partial charge in [-0.25, -0.2) is 0 Å². The van der Waals surface area contributed by atoms with Gasteiger partial charge in [-0.3, -0.25) is 5.32 Å². The summed E-state index contributed by atoms with van der Waals surface area (Å²) in [6, 6.07) is 2.06. The van der Waals surface area contributed by atoms with E-state index in [-0.39, 0.29) is 18.9 Å². The Labute approximate surface area is 93.8 Å². The zero-order valence-corrected chi connectivity index (χ0v) is 9.56. The highest BCUT2D eigenvalue weighted by atomic mass is 19.4. The molecule has 2 unspecified atom stereocenters. The first-order valence-electron chi connectivity index (χ1n) is 5.55. The van der Waals surface area contributed by atoms with Gasteiger partial charge in [0.15, 0.2) is 0 Å². The van der Waals surface area contributed by atoms with E-state index < -0.39 is 17.6 Å². The molecule has 0 radical (unpaired) electrons. The zero-order valence-electron chi connectivity index (χ0n) is 9.56. The predicted octanol–water partition coefficient (Wildman–Crippen LogP) is 3.00. The van der Waals surface area contributed by atoms with Gasteiger partial charge in [0.1, 0.15) is 5.54 Å². The molecule has 92 valence electrons. The minimum Gasteiger partial charge on any atom is -0.297 e. The maximum absolute atomic E-state index is 12.6. The van der Waals surface area contributed by atoms with Crippen molar-refractivity contribution in [1.29, 1.82) is 5.26 Å². The Bertz CT molecular complexity index is 280. The highest BCUT2D eigenvalue weighted by Crippen LogP contribution is 2.41. The predicted molar refractivity (Wildman–Crippen MR) is 54.6 cm³/mol. The number of nitrogens with zero attached hydrogens (tertiary/aromatic N) is 1. The summed E-state index contributed by atoms with van der Waals surface area (Å²) in [6.45, 7) is 3.69. The smallest absolute Gasteiger partial charge is 0.297 e. The molecule has 5 heteroatoms. The van der Waals surface area contributed by atoms with Crippen LogP contribution in [-0.2, 0) is 0 Å². The fraction of sp³-hybridized carbons (Fsp3) is 0.909. The minimum atomic E-state index is -4.18. The lowest BCUT2D eigenvalue weighted by Gasteiger charge is -2.38. The summed E-state index contributed by atoms with van der Waals surface area (Å²) >= 11 is 0. The average Bonchev–Trinajstić information content (AvgIpc) is 2.16. The summed E-state index contributed by atoms with van der Waals surface area (Å²) in [4.78, 5) is 0. The molecule has 0 spiro atoms. The molecule has 0 aromatic carbocycles. The Kier molecular flexibility index (Phi) is 3.84. The second kappa shape index (κ2) is 4.62. The normalized spacial score (nSPS) is 31.4. The quantitative estimate of drug-likeness (QED) is 0.797. The molecule has 0 saturated heterocycles. The maximum atomic E-state index is 12.6. The van der Waals surface area contributed by atoms with Crippen LogP contribution in [-0.4, -0.2) is 17.8 Å². The first kappa shape index (κ1) is 13.3. The maximum Gasteiger partial charge on any atom is 0.391 e. The van der Waals surface area contributed by atoms with Crippen LogP contribution in [0.5, 0.6) is 0 Å². The van der Waals surface area contributed by atoms with Gasteiger partial charge >= 0.3 is 6.18 Å². The molecule has 1 saturated carbocycles. The number of halogens is 3. The van der Waals surface area contributed by atoms with Gasteiger partial charge in [0.2, 0.25) is 0 Å². The topological polar surface area (TPSA) is 35.8 Å². The van der Waals surface area contributed by atoms with E-state index in [0.29, 0.717) is 12.8 Å². The molecule has 2 nitrogen and oxygen atoms in total. The van der Waals surface area contributed by atoms with Gasteiger partial charge in [0.25, 0.3) is 0 Å². The number of hydrogen-bond acceptors (Lipinski definition) is 2. The summed E-state index contributed by atoms with van der Waals surface area (Å²) in [7, 11) is 0.